The van der Waals surface area contributed by atoms with E-state index in [1.165, 1.54) is 12.1 Å². The standard InChI is InChI=1S/C13H16FN3O3/c14-11-8-10(17(19)20)5-6-12(11)15-7-1-2-13(18)16-9-3-4-9/h5-6,8-9,15H,1-4,7H2,(H,16,18). The number of carbonyl (C=O) groups excluding carboxylic acids is 1. The zero-order valence-electron chi connectivity index (χ0n) is 10.9. The molecule has 0 atom stereocenters. The van der Waals surface area contributed by atoms with Gasteiger partial charge in [0, 0.05) is 25.1 Å². The zero-order chi connectivity index (χ0) is 14.5. The van der Waals surface area contributed by atoms with Crippen molar-refractivity contribution >= 4 is 17.3 Å². The van der Waals surface area contributed by atoms with E-state index in [1.54, 1.807) is 0 Å². The van der Waals surface area contributed by atoms with Gasteiger partial charge in [-0.25, -0.2) is 4.39 Å². The first-order valence-electron chi connectivity index (χ1n) is 6.53. The number of halogens is 1. The van der Waals surface area contributed by atoms with Crippen LogP contribution in [-0.2, 0) is 4.79 Å². The van der Waals surface area contributed by atoms with Crippen LogP contribution in [0.1, 0.15) is 25.7 Å². The molecule has 0 heterocycles. The van der Waals surface area contributed by atoms with Gasteiger partial charge in [0.2, 0.25) is 5.91 Å². The van der Waals surface area contributed by atoms with Gasteiger partial charge in [0.05, 0.1) is 16.7 Å². The lowest BCUT2D eigenvalue weighted by Gasteiger charge is -2.07. The Labute approximate surface area is 115 Å². The molecule has 1 aliphatic rings. The third-order valence-corrected chi connectivity index (χ3v) is 3.00. The molecule has 1 fully saturated rings. The van der Waals surface area contributed by atoms with Crippen molar-refractivity contribution in [2.75, 3.05) is 11.9 Å². The van der Waals surface area contributed by atoms with E-state index in [2.05, 4.69) is 10.6 Å². The Bertz CT molecular complexity index is 518. The zero-order valence-corrected chi connectivity index (χ0v) is 10.9. The van der Waals surface area contributed by atoms with Gasteiger partial charge in [-0.3, -0.25) is 14.9 Å². The Morgan fingerprint density at radius 1 is 1.45 bits per heavy atom. The van der Waals surface area contributed by atoms with Crippen molar-refractivity contribution in [3.05, 3.63) is 34.1 Å². The molecule has 0 bridgehead atoms. The van der Waals surface area contributed by atoms with Gasteiger partial charge in [-0.2, -0.15) is 0 Å². The fourth-order valence-electron chi connectivity index (χ4n) is 1.76. The van der Waals surface area contributed by atoms with E-state index in [1.807, 2.05) is 0 Å². The van der Waals surface area contributed by atoms with E-state index >= 15 is 0 Å². The summed E-state index contributed by atoms with van der Waals surface area (Å²) in [6, 6.07) is 3.80. The summed E-state index contributed by atoms with van der Waals surface area (Å²) in [5, 5.41) is 16.2. The van der Waals surface area contributed by atoms with Crippen LogP contribution in [0.15, 0.2) is 18.2 Å². The Hall–Kier alpha value is -2.18. The topological polar surface area (TPSA) is 84.3 Å². The van der Waals surface area contributed by atoms with E-state index in [9.17, 15) is 19.3 Å². The van der Waals surface area contributed by atoms with Gasteiger partial charge in [0.25, 0.3) is 5.69 Å². The number of nitro benzene ring substituents is 1. The van der Waals surface area contributed by atoms with Crippen LogP contribution in [0.25, 0.3) is 0 Å². The van der Waals surface area contributed by atoms with Gasteiger partial charge in [-0.15, -0.1) is 0 Å². The van der Waals surface area contributed by atoms with Crippen molar-refractivity contribution in [1.29, 1.82) is 0 Å². The molecule has 20 heavy (non-hydrogen) atoms. The molecule has 0 aliphatic heterocycles. The summed E-state index contributed by atoms with van der Waals surface area (Å²) in [6.07, 6.45) is 3.07. The molecule has 2 N–H and O–H groups in total. The second kappa shape index (κ2) is 6.31. The van der Waals surface area contributed by atoms with Crippen LogP contribution in [0.4, 0.5) is 15.8 Å². The molecule has 0 radical (unpaired) electrons. The maximum Gasteiger partial charge on any atom is 0.272 e. The predicted molar refractivity (Wildman–Crippen MR) is 71.9 cm³/mol. The van der Waals surface area contributed by atoms with Crippen LogP contribution < -0.4 is 10.6 Å². The lowest BCUT2D eigenvalue weighted by Crippen LogP contribution is -2.25. The maximum atomic E-state index is 13.5. The predicted octanol–water partition coefficient (Wildman–Crippen LogP) is 2.20. The number of carbonyl (C=O) groups is 1. The first-order chi connectivity index (χ1) is 9.56. The molecular weight excluding hydrogens is 265 g/mol. The number of anilines is 1. The number of rotatable bonds is 7. The fourth-order valence-corrected chi connectivity index (χ4v) is 1.76. The van der Waals surface area contributed by atoms with Gasteiger partial charge < -0.3 is 10.6 Å². The Morgan fingerprint density at radius 3 is 2.80 bits per heavy atom. The van der Waals surface area contributed by atoms with Gasteiger partial charge in [0.1, 0.15) is 0 Å². The highest BCUT2D eigenvalue weighted by molar-refractivity contribution is 5.76. The smallest absolute Gasteiger partial charge is 0.272 e. The molecule has 1 aliphatic carbocycles. The average molecular weight is 281 g/mol. The first kappa shape index (κ1) is 14.2. The molecule has 1 amide bonds. The molecule has 1 aromatic rings. The second-order valence-corrected chi connectivity index (χ2v) is 4.79. The van der Waals surface area contributed by atoms with E-state index < -0.39 is 10.7 Å². The van der Waals surface area contributed by atoms with Crippen LogP contribution in [0.3, 0.4) is 0 Å². The van der Waals surface area contributed by atoms with Gasteiger partial charge >= 0.3 is 0 Å². The molecule has 2 rings (SSSR count). The van der Waals surface area contributed by atoms with Crippen LogP contribution in [0, 0.1) is 15.9 Å². The number of nitrogens with zero attached hydrogens (tertiary/aromatic N) is 1. The highest BCUT2D eigenvalue weighted by atomic mass is 19.1. The number of benzene rings is 1. The molecule has 1 saturated carbocycles. The van der Waals surface area contributed by atoms with Crippen molar-refractivity contribution in [1.82, 2.24) is 5.32 Å². The van der Waals surface area contributed by atoms with Gasteiger partial charge in [-0.1, -0.05) is 0 Å². The highest BCUT2D eigenvalue weighted by Crippen LogP contribution is 2.20. The monoisotopic (exact) mass is 281 g/mol. The number of hydrogen-bond donors (Lipinski definition) is 2. The Balaban J connectivity index is 1.73. The molecule has 108 valence electrons. The Kier molecular flexibility index (Phi) is 4.49. The van der Waals surface area contributed by atoms with Crippen molar-refractivity contribution in [3.8, 4) is 0 Å². The number of nitrogens with one attached hydrogen (secondary N) is 2. The van der Waals surface area contributed by atoms with E-state index in [0.29, 0.717) is 25.4 Å². The number of hydrogen-bond acceptors (Lipinski definition) is 4. The van der Waals surface area contributed by atoms with Gasteiger partial charge in [0.15, 0.2) is 5.82 Å². The molecule has 1 aromatic carbocycles. The lowest BCUT2D eigenvalue weighted by atomic mass is 10.2. The third kappa shape index (κ3) is 4.18. The maximum absolute atomic E-state index is 13.5. The minimum absolute atomic E-state index is 0.0125. The number of non-ortho nitro benzene ring substituents is 1. The third-order valence-electron chi connectivity index (χ3n) is 3.00. The number of nitro groups is 1. The van der Waals surface area contributed by atoms with Crippen LogP contribution in [0.2, 0.25) is 0 Å². The summed E-state index contributed by atoms with van der Waals surface area (Å²) in [7, 11) is 0. The second-order valence-electron chi connectivity index (χ2n) is 4.79. The lowest BCUT2D eigenvalue weighted by molar-refractivity contribution is -0.385. The molecule has 0 spiro atoms. The summed E-state index contributed by atoms with van der Waals surface area (Å²) >= 11 is 0. The van der Waals surface area contributed by atoms with Gasteiger partial charge in [-0.05, 0) is 25.3 Å². The highest BCUT2D eigenvalue weighted by Gasteiger charge is 2.22. The summed E-state index contributed by atoms with van der Waals surface area (Å²) in [6.45, 7) is 0.437. The molecule has 7 heteroatoms. The summed E-state index contributed by atoms with van der Waals surface area (Å²) in [4.78, 5) is 21.2. The first-order valence-corrected chi connectivity index (χ1v) is 6.53. The molecular formula is C13H16FN3O3. The molecule has 0 aromatic heterocycles. The fraction of sp³-hybridized carbons (Fsp3) is 0.462. The quantitative estimate of drug-likeness (QED) is 0.456. The van der Waals surface area contributed by atoms with Crippen molar-refractivity contribution in [3.63, 3.8) is 0 Å². The molecule has 0 saturated heterocycles. The summed E-state index contributed by atoms with van der Waals surface area (Å²) in [5.41, 5.74) is -0.0740. The minimum atomic E-state index is -0.665. The largest absolute Gasteiger partial charge is 0.383 e. The van der Waals surface area contributed by atoms with Crippen molar-refractivity contribution in [2.24, 2.45) is 0 Å². The van der Waals surface area contributed by atoms with E-state index in [4.69, 9.17) is 0 Å². The van der Waals surface area contributed by atoms with Crippen LogP contribution in [0.5, 0.6) is 0 Å². The van der Waals surface area contributed by atoms with Crippen LogP contribution >= 0.6 is 0 Å². The summed E-state index contributed by atoms with van der Waals surface area (Å²) in [5.74, 6) is -0.653. The molecule has 0 unspecified atom stereocenters. The normalized spacial score (nSPS) is 13.8. The molecule has 6 nitrogen and oxygen atoms in total. The number of amides is 1. The minimum Gasteiger partial charge on any atom is -0.383 e. The van der Waals surface area contributed by atoms with Crippen molar-refractivity contribution < 1.29 is 14.1 Å². The summed E-state index contributed by atoms with van der Waals surface area (Å²) < 4.78 is 13.5. The average Bonchev–Trinajstić information content (AvgIpc) is 3.19. The Morgan fingerprint density at radius 2 is 2.20 bits per heavy atom. The van der Waals surface area contributed by atoms with Crippen molar-refractivity contribution in [2.45, 2.75) is 31.7 Å². The SMILES string of the molecule is O=C(CCCNc1ccc([N+](=O)[O-])cc1F)NC1CC1. The van der Waals surface area contributed by atoms with E-state index in [0.717, 1.165) is 18.9 Å². The van der Waals surface area contributed by atoms with E-state index in [-0.39, 0.29) is 17.3 Å². The van der Waals surface area contributed by atoms with Crippen LogP contribution in [-0.4, -0.2) is 23.4 Å².